The van der Waals surface area contributed by atoms with Crippen LogP contribution in [0.15, 0.2) is 4.52 Å². The first-order chi connectivity index (χ1) is 9.70. The van der Waals surface area contributed by atoms with Gasteiger partial charge in [-0.05, 0) is 19.3 Å². The summed E-state index contributed by atoms with van der Waals surface area (Å²) in [5, 5.41) is 13.9. The second kappa shape index (κ2) is 7.18. The molecule has 1 N–H and O–H groups in total. The third-order valence-corrected chi connectivity index (χ3v) is 4.21. The number of hydrogen-bond donors (Lipinski definition) is 1. The van der Waals surface area contributed by atoms with E-state index in [1.165, 1.54) is 12.8 Å². The molecule has 1 heterocycles. The van der Waals surface area contributed by atoms with Gasteiger partial charge in [0.15, 0.2) is 0 Å². The molecule has 5 heteroatoms. The molecular weight excluding hydrogens is 256 g/mol. The Kier molecular flexibility index (Phi) is 5.54. The second-order valence-electron chi connectivity index (χ2n) is 5.77. The van der Waals surface area contributed by atoms with E-state index in [4.69, 9.17) is 9.26 Å². The van der Waals surface area contributed by atoms with E-state index >= 15 is 0 Å². The standard InChI is InChI=1S/C15H26N2O3/c1-3-8-12(18)11-13-16-14(17-20-13)15(19-2)9-6-4-5-7-10-15/h12,18H,3-11H2,1-2H3. The van der Waals surface area contributed by atoms with Crippen molar-refractivity contribution in [2.24, 2.45) is 0 Å². The van der Waals surface area contributed by atoms with Crippen molar-refractivity contribution in [3.05, 3.63) is 11.7 Å². The highest BCUT2D eigenvalue weighted by atomic mass is 16.5. The second-order valence-corrected chi connectivity index (χ2v) is 5.77. The molecule has 5 nitrogen and oxygen atoms in total. The summed E-state index contributed by atoms with van der Waals surface area (Å²) in [5.74, 6) is 1.17. The number of hydrogen-bond acceptors (Lipinski definition) is 5. The van der Waals surface area contributed by atoms with Crippen molar-refractivity contribution in [3.8, 4) is 0 Å². The molecule has 0 bridgehead atoms. The van der Waals surface area contributed by atoms with E-state index < -0.39 is 11.7 Å². The molecule has 1 aromatic heterocycles. The average molecular weight is 282 g/mol. The zero-order valence-electron chi connectivity index (χ0n) is 12.6. The number of rotatable bonds is 6. The lowest BCUT2D eigenvalue weighted by molar-refractivity contribution is -0.0365. The molecule has 1 atom stereocenters. The molecule has 0 aliphatic heterocycles. The molecule has 1 aliphatic carbocycles. The van der Waals surface area contributed by atoms with Gasteiger partial charge in [-0.2, -0.15) is 4.98 Å². The van der Waals surface area contributed by atoms with E-state index in [2.05, 4.69) is 10.1 Å². The minimum Gasteiger partial charge on any atom is -0.393 e. The molecule has 0 amide bonds. The molecule has 20 heavy (non-hydrogen) atoms. The number of methoxy groups -OCH3 is 1. The van der Waals surface area contributed by atoms with E-state index in [0.29, 0.717) is 18.1 Å². The van der Waals surface area contributed by atoms with Gasteiger partial charge < -0.3 is 14.4 Å². The number of aliphatic hydroxyl groups is 1. The normalized spacial score (nSPS) is 20.6. The third kappa shape index (κ3) is 3.58. The van der Waals surface area contributed by atoms with Crippen molar-refractivity contribution in [2.45, 2.75) is 76.4 Å². The van der Waals surface area contributed by atoms with Gasteiger partial charge >= 0.3 is 0 Å². The topological polar surface area (TPSA) is 68.4 Å². The Balaban J connectivity index is 2.08. The van der Waals surface area contributed by atoms with Crippen LogP contribution in [0.5, 0.6) is 0 Å². The Morgan fingerprint density at radius 3 is 2.60 bits per heavy atom. The number of nitrogens with zero attached hydrogens (tertiary/aromatic N) is 2. The van der Waals surface area contributed by atoms with Crippen LogP contribution in [0.4, 0.5) is 0 Å². The van der Waals surface area contributed by atoms with Gasteiger partial charge in [0.05, 0.1) is 12.5 Å². The van der Waals surface area contributed by atoms with Crippen LogP contribution in [0.2, 0.25) is 0 Å². The zero-order valence-corrected chi connectivity index (χ0v) is 12.6. The first-order valence-electron chi connectivity index (χ1n) is 7.76. The van der Waals surface area contributed by atoms with E-state index in [1.54, 1.807) is 7.11 Å². The average Bonchev–Trinajstić information content (AvgIpc) is 2.76. The highest BCUT2D eigenvalue weighted by Crippen LogP contribution is 2.37. The Morgan fingerprint density at radius 2 is 2.00 bits per heavy atom. The minimum atomic E-state index is -0.402. The lowest BCUT2D eigenvalue weighted by Gasteiger charge is -2.27. The van der Waals surface area contributed by atoms with Crippen molar-refractivity contribution in [1.29, 1.82) is 0 Å². The Bertz CT molecular complexity index is 398. The molecule has 0 radical (unpaired) electrons. The van der Waals surface area contributed by atoms with Crippen molar-refractivity contribution in [3.63, 3.8) is 0 Å². The maximum Gasteiger partial charge on any atom is 0.229 e. The van der Waals surface area contributed by atoms with Crippen molar-refractivity contribution in [1.82, 2.24) is 10.1 Å². The summed E-state index contributed by atoms with van der Waals surface area (Å²) in [6.07, 6.45) is 8.38. The van der Waals surface area contributed by atoms with Crippen LogP contribution in [0.25, 0.3) is 0 Å². The predicted molar refractivity (Wildman–Crippen MR) is 75.3 cm³/mol. The Labute approximate surface area is 120 Å². The van der Waals surface area contributed by atoms with Gasteiger partial charge in [-0.1, -0.05) is 44.2 Å². The van der Waals surface area contributed by atoms with E-state index in [9.17, 15) is 5.11 Å². The third-order valence-electron chi connectivity index (χ3n) is 4.21. The summed E-state index contributed by atoms with van der Waals surface area (Å²) in [5.41, 5.74) is -0.395. The van der Waals surface area contributed by atoms with Crippen LogP contribution in [0.1, 0.15) is 70.0 Å². The lowest BCUT2D eigenvalue weighted by Crippen LogP contribution is -2.29. The van der Waals surface area contributed by atoms with E-state index in [-0.39, 0.29) is 0 Å². The Hall–Kier alpha value is -0.940. The van der Waals surface area contributed by atoms with Crippen molar-refractivity contribution in [2.75, 3.05) is 7.11 Å². The summed E-state index contributed by atoms with van der Waals surface area (Å²) in [4.78, 5) is 4.48. The molecular formula is C15H26N2O3. The SMILES string of the molecule is CCCC(O)Cc1nc(C2(OC)CCCCCC2)no1. The first kappa shape index (κ1) is 15.4. The van der Waals surface area contributed by atoms with Gasteiger partial charge in [0, 0.05) is 7.11 Å². The fraction of sp³-hybridized carbons (Fsp3) is 0.867. The maximum absolute atomic E-state index is 9.83. The van der Waals surface area contributed by atoms with Crippen molar-refractivity contribution >= 4 is 0 Å². The summed E-state index contributed by atoms with van der Waals surface area (Å²) in [7, 11) is 1.73. The first-order valence-corrected chi connectivity index (χ1v) is 7.76. The molecule has 1 aliphatic rings. The largest absolute Gasteiger partial charge is 0.393 e. The van der Waals surface area contributed by atoms with Crippen LogP contribution in [0, 0.1) is 0 Å². The quantitative estimate of drug-likeness (QED) is 0.812. The van der Waals surface area contributed by atoms with Crippen LogP contribution >= 0.6 is 0 Å². The molecule has 0 spiro atoms. The van der Waals surface area contributed by atoms with Gasteiger partial charge in [0.25, 0.3) is 0 Å². The number of aliphatic hydroxyl groups excluding tert-OH is 1. The van der Waals surface area contributed by atoms with Gasteiger partial charge in [-0.15, -0.1) is 0 Å². The van der Waals surface area contributed by atoms with Gasteiger partial charge in [0.2, 0.25) is 11.7 Å². The summed E-state index contributed by atoms with van der Waals surface area (Å²) in [6, 6.07) is 0. The van der Waals surface area contributed by atoms with Crippen LogP contribution in [-0.4, -0.2) is 28.5 Å². The smallest absolute Gasteiger partial charge is 0.229 e. The highest BCUT2D eigenvalue weighted by Gasteiger charge is 2.37. The maximum atomic E-state index is 9.83. The van der Waals surface area contributed by atoms with Crippen LogP contribution in [-0.2, 0) is 16.8 Å². The van der Waals surface area contributed by atoms with Gasteiger partial charge in [0.1, 0.15) is 5.60 Å². The molecule has 0 aromatic carbocycles. The summed E-state index contributed by atoms with van der Waals surface area (Å²) in [6.45, 7) is 2.05. The number of ether oxygens (including phenoxy) is 1. The predicted octanol–water partition coefficient (Wildman–Crippen LogP) is 2.97. The number of aromatic nitrogens is 2. The molecule has 1 fully saturated rings. The molecule has 0 saturated heterocycles. The summed E-state index contributed by atoms with van der Waals surface area (Å²) < 4.78 is 11.1. The van der Waals surface area contributed by atoms with Crippen LogP contribution in [0.3, 0.4) is 0 Å². The fourth-order valence-corrected chi connectivity index (χ4v) is 2.98. The van der Waals surface area contributed by atoms with E-state index in [0.717, 1.165) is 38.5 Å². The fourth-order valence-electron chi connectivity index (χ4n) is 2.98. The zero-order chi connectivity index (χ0) is 14.4. The Morgan fingerprint density at radius 1 is 1.30 bits per heavy atom. The van der Waals surface area contributed by atoms with E-state index in [1.807, 2.05) is 6.92 Å². The van der Waals surface area contributed by atoms with Gasteiger partial charge in [-0.3, -0.25) is 0 Å². The van der Waals surface area contributed by atoms with Crippen molar-refractivity contribution < 1.29 is 14.4 Å². The minimum absolute atomic E-state index is 0.395. The summed E-state index contributed by atoms with van der Waals surface area (Å²) >= 11 is 0. The molecule has 1 saturated carbocycles. The molecule has 1 unspecified atom stereocenters. The van der Waals surface area contributed by atoms with Gasteiger partial charge in [-0.25, -0.2) is 0 Å². The lowest BCUT2D eigenvalue weighted by atomic mass is 9.93. The molecule has 114 valence electrons. The van der Waals surface area contributed by atoms with Crippen LogP contribution < -0.4 is 0 Å². The monoisotopic (exact) mass is 282 g/mol. The molecule has 2 rings (SSSR count). The molecule has 1 aromatic rings. The highest BCUT2D eigenvalue weighted by molar-refractivity contribution is 5.03.